The van der Waals surface area contributed by atoms with Gasteiger partial charge in [0.15, 0.2) is 6.61 Å². The van der Waals surface area contributed by atoms with Gasteiger partial charge in [0.25, 0.3) is 11.8 Å². The molecule has 0 bridgehead atoms. The molecule has 0 unspecified atom stereocenters. The second-order valence-corrected chi connectivity index (χ2v) is 6.57. The van der Waals surface area contributed by atoms with Gasteiger partial charge < -0.3 is 14.8 Å². The highest BCUT2D eigenvalue weighted by molar-refractivity contribution is 5.98. The summed E-state index contributed by atoms with van der Waals surface area (Å²) in [6.45, 7) is -0.509. The van der Waals surface area contributed by atoms with Crippen LogP contribution in [0.1, 0.15) is 16.8 Å². The van der Waals surface area contributed by atoms with Crippen LogP contribution in [-0.4, -0.2) is 49.0 Å². The van der Waals surface area contributed by atoms with Crippen LogP contribution in [0.25, 0.3) is 0 Å². The molecule has 1 atom stereocenters. The Bertz CT molecular complexity index is 947. The van der Waals surface area contributed by atoms with E-state index in [0.717, 1.165) is 5.01 Å². The molecule has 9 nitrogen and oxygen atoms in total. The van der Waals surface area contributed by atoms with Gasteiger partial charge in [-0.05, 0) is 24.3 Å². The van der Waals surface area contributed by atoms with Gasteiger partial charge in [0.2, 0.25) is 5.91 Å². The van der Waals surface area contributed by atoms with E-state index < -0.39 is 36.2 Å². The maximum absolute atomic E-state index is 12.4. The number of rotatable bonds is 7. The molecular weight excluding hydrogens is 390 g/mol. The Morgan fingerprint density at radius 3 is 2.50 bits per heavy atom. The highest BCUT2D eigenvalue weighted by atomic mass is 16.5. The van der Waals surface area contributed by atoms with Crippen LogP contribution in [0.4, 0.5) is 5.69 Å². The summed E-state index contributed by atoms with van der Waals surface area (Å²) in [4.78, 5) is 48.7. The second kappa shape index (κ2) is 9.55. The molecule has 0 spiro atoms. The van der Waals surface area contributed by atoms with Gasteiger partial charge >= 0.3 is 5.97 Å². The number of esters is 1. The maximum atomic E-state index is 12.4. The van der Waals surface area contributed by atoms with Gasteiger partial charge in [0.1, 0.15) is 5.75 Å². The highest BCUT2D eigenvalue weighted by Gasteiger charge is 2.37. The number of benzene rings is 2. The number of carbonyl (C=O) groups excluding carboxylic acids is 4. The number of para-hydroxylation sites is 2. The Morgan fingerprint density at radius 2 is 1.77 bits per heavy atom. The first kappa shape index (κ1) is 20.8. The largest absolute Gasteiger partial charge is 0.496 e. The zero-order chi connectivity index (χ0) is 21.5. The topological polar surface area (TPSA) is 114 Å². The molecule has 3 rings (SSSR count). The van der Waals surface area contributed by atoms with Crippen molar-refractivity contribution in [2.45, 2.75) is 6.42 Å². The molecule has 2 aromatic rings. The van der Waals surface area contributed by atoms with Crippen LogP contribution in [0, 0.1) is 5.92 Å². The van der Waals surface area contributed by atoms with Crippen molar-refractivity contribution in [2.24, 2.45) is 5.92 Å². The van der Waals surface area contributed by atoms with Crippen LogP contribution in [0.5, 0.6) is 5.75 Å². The molecule has 0 saturated carbocycles. The molecular formula is C21H21N3O6. The molecule has 9 heteroatoms. The first-order valence-electron chi connectivity index (χ1n) is 9.24. The Labute approximate surface area is 172 Å². The van der Waals surface area contributed by atoms with Crippen molar-refractivity contribution in [3.05, 3.63) is 60.2 Å². The number of nitrogens with one attached hydrogen (secondary N) is 2. The average molecular weight is 411 g/mol. The lowest BCUT2D eigenvalue weighted by Gasteiger charge is -2.18. The molecule has 3 amide bonds. The molecule has 0 radical (unpaired) electrons. The van der Waals surface area contributed by atoms with Crippen molar-refractivity contribution in [1.29, 1.82) is 0 Å². The Hall–Kier alpha value is -3.88. The van der Waals surface area contributed by atoms with E-state index in [0.29, 0.717) is 11.4 Å². The number of nitrogens with zero attached hydrogens (tertiary/aromatic N) is 1. The summed E-state index contributed by atoms with van der Waals surface area (Å²) >= 11 is 0. The van der Waals surface area contributed by atoms with Crippen molar-refractivity contribution < 1.29 is 28.7 Å². The van der Waals surface area contributed by atoms with Gasteiger partial charge in [0, 0.05) is 12.1 Å². The fourth-order valence-corrected chi connectivity index (χ4v) is 2.96. The number of hydrogen-bond donors (Lipinski definition) is 2. The Kier molecular flexibility index (Phi) is 6.63. The van der Waals surface area contributed by atoms with E-state index in [9.17, 15) is 19.2 Å². The van der Waals surface area contributed by atoms with Gasteiger partial charge in [-0.2, -0.15) is 0 Å². The second-order valence-electron chi connectivity index (χ2n) is 6.57. The highest BCUT2D eigenvalue weighted by Crippen LogP contribution is 2.20. The molecule has 156 valence electrons. The average Bonchev–Trinajstić information content (AvgIpc) is 3.13. The quantitative estimate of drug-likeness (QED) is 0.665. The SMILES string of the molecule is COc1ccccc1C(=O)NN1C[C@H](C(=O)OCC(=O)Nc2ccccc2)CC1=O. The van der Waals surface area contributed by atoms with Crippen molar-refractivity contribution in [2.75, 3.05) is 25.6 Å². The van der Waals surface area contributed by atoms with Gasteiger partial charge in [0.05, 0.1) is 25.1 Å². The molecule has 1 fully saturated rings. The number of carbonyl (C=O) groups is 4. The van der Waals surface area contributed by atoms with Crippen LogP contribution in [-0.2, 0) is 19.1 Å². The Morgan fingerprint density at radius 1 is 1.07 bits per heavy atom. The maximum Gasteiger partial charge on any atom is 0.311 e. The zero-order valence-corrected chi connectivity index (χ0v) is 16.3. The lowest BCUT2D eigenvalue weighted by atomic mass is 10.1. The smallest absolute Gasteiger partial charge is 0.311 e. The van der Waals surface area contributed by atoms with E-state index >= 15 is 0 Å². The van der Waals surface area contributed by atoms with Crippen molar-refractivity contribution >= 4 is 29.4 Å². The summed E-state index contributed by atoms with van der Waals surface area (Å²) in [5.74, 6) is -2.53. The monoisotopic (exact) mass is 411 g/mol. The Balaban J connectivity index is 1.50. The number of hydrazine groups is 1. The van der Waals surface area contributed by atoms with E-state index in [-0.39, 0.29) is 18.5 Å². The van der Waals surface area contributed by atoms with E-state index in [1.807, 2.05) is 6.07 Å². The summed E-state index contributed by atoms with van der Waals surface area (Å²) in [6.07, 6.45) is -0.120. The van der Waals surface area contributed by atoms with Gasteiger partial charge in [-0.3, -0.25) is 29.6 Å². The van der Waals surface area contributed by atoms with Crippen LogP contribution in [0.3, 0.4) is 0 Å². The molecule has 2 aromatic carbocycles. The van der Waals surface area contributed by atoms with Crippen molar-refractivity contribution in [1.82, 2.24) is 10.4 Å². The minimum absolute atomic E-state index is 0.0428. The molecule has 2 N–H and O–H groups in total. The van der Waals surface area contributed by atoms with Crippen LogP contribution in [0.15, 0.2) is 54.6 Å². The number of amides is 3. The first-order valence-corrected chi connectivity index (χ1v) is 9.24. The summed E-state index contributed by atoms with van der Waals surface area (Å²) in [5, 5.41) is 3.67. The van der Waals surface area contributed by atoms with E-state index in [1.165, 1.54) is 7.11 Å². The fourth-order valence-electron chi connectivity index (χ4n) is 2.96. The summed E-state index contributed by atoms with van der Waals surface area (Å²) in [5.41, 5.74) is 3.32. The standard InChI is InChI=1S/C21H21N3O6/c1-29-17-10-6-5-9-16(17)20(27)23-24-12-14(11-19(24)26)21(28)30-13-18(25)22-15-7-3-2-4-8-15/h2-10,14H,11-13H2,1H3,(H,22,25)(H,23,27)/t14-/m1/s1. The van der Waals surface area contributed by atoms with Crippen molar-refractivity contribution in [3.63, 3.8) is 0 Å². The van der Waals surface area contributed by atoms with Crippen LogP contribution in [0.2, 0.25) is 0 Å². The van der Waals surface area contributed by atoms with E-state index in [1.54, 1.807) is 48.5 Å². The van der Waals surface area contributed by atoms with Crippen LogP contribution < -0.4 is 15.5 Å². The van der Waals surface area contributed by atoms with Gasteiger partial charge in [-0.25, -0.2) is 0 Å². The number of hydrogen-bond acceptors (Lipinski definition) is 6. The zero-order valence-electron chi connectivity index (χ0n) is 16.3. The summed E-state index contributed by atoms with van der Waals surface area (Å²) in [6, 6.07) is 15.3. The third-order valence-corrected chi connectivity index (χ3v) is 4.45. The normalized spacial score (nSPS) is 15.4. The third kappa shape index (κ3) is 5.13. The molecule has 0 aromatic heterocycles. The predicted molar refractivity (Wildman–Crippen MR) is 106 cm³/mol. The molecule has 30 heavy (non-hydrogen) atoms. The lowest BCUT2D eigenvalue weighted by Crippen LogP contribution is -2.43. The van der Waals surface area contributed by atoms with Gasteiger partial charge in [-0.1, -0.05) is 30.3 Å². The fraction of sp³-hybridized carbons (Fsp3) is 0.238. The number of anilines is 1. The molecule has 1 aliphatic heterocycles. The summed E-state index contributed by atoms with van der Waals surface area (Å²) in [7, 11) is 1.44. The molecule has 1 aliphatic rings. The van der Waals surface area contributed by atoms with Gasteiger partial charge in [-0.15, -0.1) is 0 Å². The lowest BCUT2D eigenvalue weighted by molar-refractivity contribution is -0.151. The first-order chi connectivity index (χ1) is 14.5. The van der Waals surface area contributed by atoms with Crippen LogP contribution >= 0.6 is 0 Å². The number of ether oxygens (including phenoxy) is 2. The van der Waals surface area contributed by atoms with E-state index in [4.69, 9.17) is 9.47 Å². The molecule has 1 saturated heterocycles. The number of methoxy groups -OCH3 is 1. The minimum atomic E-state index is -0.778. The predicted octanol–water partition coefficient (Wildman–Crippen LogP) is 1.37. The van der Waals surface area contributed by atoms with Crippen molar-refractivity contribution in [3.8, 4) is 5.75 Å². The molecule has 1 heterocycles. The molecule has 0 aliphatic carbocycles. The summed E-state index contributed by atoms with van der Waals surface area (Å²) < 4.78 is 10.2. The van der Waals surface area contributed by atoms with E-state index in [2.05, 4.69) is 10.7 Å². The third-order valence-electron chi connectivity index (χ3n) is 4.45. The minimum Gasteiger partial charge on any atom is -0.496 e.